The van der Waals surface area contributed by atoms with Crippen LogP contribution in [0.3, 0.4) is 0 Å². The molecule has 0 aliphatic carbocycles. The molecule has 126 valence electrons. The molecule has 1 atom stereocenters. The summed E-state index contributed by atoms with van der Waals surface area (Å²) in [5.74, 6) is -0.00683. The van der Waals surface area contributed by atoms with E-state index < -0.39 is 6.04 Å². The summed E-state index contributed by atoms with van der Waals surface area (Å²) >= 11 is 0. The number of aryl methyl sites for hydroxylation is 1. The number of hydrogen-bond acceptors (Lipinski definition) is 3. The first-order valence-electron chi connectivity index (χ1n) is 8.43. The molecule has 2 rings (SSSR count). The highest BCUT2D eigenvalue weighted by Crippen LogP contribution is 2.15. The van der Waals surface area contributed by atoms with Crippen LogP contribution in [0.15, 0.2) is 24.3 Å². The van der Waals surface area contributed by atoms with Gasteiger partial charge in [0.25, 0.3) is 5.91 Å². The van der Waals surface area contributed by atoms with Gasteiger partial charge in [-0.25, -0.2) is 0 Å². The Kier molecular flexibility index (Phi) is 6.16. The molecule has 5 heteroatoms. The van der Waals surface area contributed by atoms with Crippen LogP contribution in [-0.4, -0.2) is 41.9 Å². The second-order valence-electron chi connectivity index (χ2n) is 6.34. The molecule has 0 aromatic heterocycles. The van der Waals surface area contributed by atoms with E-state index in [1.165, 1.54) is 0 Å². The zero-order valence-corrected chi connectivity index (χ0v) is 14.0. The minimum Gasteiger partial charge on any atom is -0.352 e. The Morgan fingerprint density at radius 2 is 1.87 bits per heavy atom. The van der Waals surface area contributed by atoms with E-state index in [0.29, 0.717) is 19.5 Å². The second kappa shape index (κ2) is 8.11. The first-order chi connectivity index (χ1) is 11.0. The lowest BCUT2D eigenvalue weighted by Gasteiger charge is -2.33. The molecule has 1 saturated heterocycles. The van der Waals surface area contributed by atoms with E-state index in [2.05, 4.69) is 5.32 Å². The molecule has 1 aliphatic rings. The number of piperidine rings is 1. The Morgan fingerprint density at radius 3 is 2.43 bits per heavy atom. The molecule has 5 nitrogen and oxygen atoms in total. The second-order valence-corrected chi connectivity index (χ2v) is 6.34. The lowest BCUT2D eigenvalue weighted by Crippen LogP contribution is -2.50. The Bertz CT molecular complexity index is 534. The van der Waals surface area contributed by atoms with Crippen molar-refractivity contribution < 1.29 is 9.59 Å². The molecular weight excluding hydrogens is 290 g/mol. The normalized spacial score (nSPS) is 16.9. The summed E-state index contributed by atoms with van der Waals surface area (Å²) in [5.41, 5.74) is 7.70. The molecule has 1 unspecified atom stereocenters. The molecule has 2 amide bonds. The monoisotopic (exact) mass is 317 g/mol. The molecule has 0 spiro atoms. The highest BCUT2D eigenvalue weighted by molar-refractivity contribution is 5.94. The number of carbonyl (C=O) groups excluding carboxylic acids is 2. The van der Waals surface area contributed by atoms with Crippen molar-refractivity contribution in [1.29, 1.82) is 0 Å². The van der Waals surface area contributed by atoms with E-state index in [-0.39, 0.29) is 17.9 Å². The predicted octanol–water partition coefficient (Wildman–Crippen LogP) is 1.84. The first-order valence-corrected chi connectivity index (χ1v) is 8.43. The van der Waals surface area contributed by atoms with Crippen LogP contribution in [0.2, 0.25) is 0 Å². The number of rotatable bonds is 5. The van der Waals surface area contributed by atoms with Crippen molar-refractivity contribution in [3.63, 3.8) is 0 Å². The highest BCUT2D eigenvalue weighted by atomic mass is 16.2. The zero-order valence-electron chi connectivity index (χ0n) is 14.0. The molecular formula is C18H27N3O2. The minimum atomic E-state index is -0.424. The fourth-order valence-electron chi connectivity index (χ4n) is 2.86. The molecule has 0 saturated carbocycles. The van der Waals surface area contributed by atoms with Crippen molar-refractivity contribution >= 4 is 11.8 Å². The molecule has 1 aromatic rings. The fraction of sp³-hybridized carbons (Fsp3) is 0.556. The van der Waals surface area contributed by atoms with Crippen LogP contribution in [0, 0.1) is 6.92 Å². The van der Waals surface area contributed by atoms with Gasteiger partial charge in [-0.2, -0.15) is 0 Å². The van der Waals surface area contributed by atoms with E-state index in [4.69, 9.17) is 5.73 Å². The number of hydrogen-bond donors (Lipinski definition) is 2. The Balaban J connectivity index is 1.82. The van der Waals surface area contributed by atoms with Gasteiger partial charge in [-0.1, -0.05) is 31.0 Å². The van der Waals surface area contributed by atoms with Gasteiger partial charge in [0.1, 0.15) is 0 Å². The maximum atomic E-state index is 12.5. The van der Waals surface area contributed by atoms with Crippen molar-refractivity contribution in [3.8, 4) is 0 Å². The lowest BCUT2D eigenvalue weighted by atomic mass is 10.0. The summed E-state index contributed by atoms with van der Waals surface area (Å²) in [5, 5.41) is 3.01. The number of likely N-dealkylation sites (tertiary alicyclic amines) is 1. The first kappa shape index (κ1) is 17.5. The van der Waals surface area contributed by atoms with Crippen LogP contribution in [-0.2, 0) is 4.79 Å². The minimum absolute atomic E-state index is 0.0671. The molecule has 1 aromatic carbocycles. The van der Waals surface area contributed by atoms with Crippen LogP contribution in [0.25, 0.3) is 0 Å². The van der Waals surface area contributed by atoms with E-state index in [1.807, 2.05) is 43.0 Å². The highest BCUT2D eigenvalue weighted by Gasteiger charge is 2.25. The summed E-state index contributed by atoms with van der Waals surface area (Å²) in [6.45, 7) is 5.36. The average molecular weight is 317 g/mol. The topological polar surface area (TPSA) is 75.4 Å². The van der Waals surface area contributed by atoms with E-state index >= 15 is 0 Å². The molecule has 1 aliphatic heterocycles. The number of nitrogens with two attached hydrogens (primary N) is 1. The van der Waals surface area contributed by atoms with Gasteiger partial charge in [-0.3, -0.25) is 9.59 Å². The zero-order chi connectivity index (χ0) is 16.8. The number of carbonyl (C=O) groups is 2. The van der Waals surface area contributed by atoms with Gasteiger partial charge >= 0.3 is 0 Å². The number of benzene rings is 1. The van der Waals surface area contributed by atoms with Crippen molar-refractivity contribution in [1.82, 2.24) is 10.2 Å². The third-order valence-corrected chi connectivity index (χ3v) is 4.36. The van der Waals surface area contributed by atoms with Crippen molar-refractivity contribution in [2.45, 2.75) is 51.6 Å². The molecule has 0 radical (unpaired) electrons. The van der Waals surface area contributed by atoms with Crippen LogP contribution in [0.1, 0.15) is 48.5 Å². The van der Waals surface area contributed by atoms with E-state index in [9.17, 15) is 9.59 Å². The van der Waals surface area contributed by atoms with Crippen LogP contribution in [0.4, 0.5) is 0 Å². The third-order valence-electron chi connectivity index (χ3n) is 4.36. The van der Waals surface area contributed by atoms with Gasteiger partial charge < -0.3 is 16.0 Å². The molecule has 23 heavy (non-hydrogen) atoms. The SMILES string of the molecule is CCCC(N)C(=O)NC1CCN(C(=O)c2ccc(C)cc2)CC1. The smallest absolute Gasteiger partial charge is 0.253 e. The maximum absolute atomic E-state index is 12.5. The van der Waals surface area contributed by atoms with Crippen LogP contribution < -0.4 is 11.1 Å². The van der Waals surface area contributed by atoms with Gasteiger partial charge in [0, 0.05) is 24.7 Å². The largest absolute Gasteiger partial charge is 0.352 e. The standard InChI is InChI=1S/C18H27N3O2/c1-3-4-16(19)17(22)20-15-9-11-21(12-10-15)18(23)14-7-5-13(2)6-8-14/h5-8,15-16H,3-4,9-12,19H2,1-2H3,(H,20,22). The summed E-state index contributed by atoms with van der Waals surface area (Å²) in [4.78, 5) is 26.3. The molecule has 3 N–H and O–H groups in total. The van der Waals surface area contributed by atoms with Crippen LogP contribution in [0.5, 0.6) is 0 Å². The lowest BCUT2D eigenvalue weighted by molar-refractivity contribution is -0.123. The molecule has 1 fully saturated rings. The number of amides is 2. The average Bonchev–Trinajstić information content (AvgIpc) is 2.56. The number of nitrogens with zero attached hydrogens (tertiary/aromatic N) is 1. The van der Waals surface area contributed by atoms with Gasteiger partial charge in [-0.05, 0) is 38.3 Å². The predicted molar refractivity (Wildman–Crippen MR) is 91.1 cm³/mol. The van der Waals surface area contributed by atoms with Gasteiger partial charge in [0.2, 0.25) is 5.91 Å². The van der Waals surface area contributed by atoms with Crippen molar-refractivity contribution in [3.05, 3.63) is 35.4 Å². The Labute approximate surface area is 138 Å². The summed E-state index contributed by atoms with van der Waals surface area (Å²) in [7, 11) is 0. The molecule has 1 heterocycles. The fourth-order valence-corrected chi connectivity index (χ4v) is 2.86. The van der Waals surface area contributed by atoms with E-state index in [1.54, 1.807) is 0 Å². The summed E-state index contributed by atoms with van der Waals surface area (Å²) in [6, 6.07) is 7.34. The Hall–Kier alpha value is -1.88. The summed E-state index contributed by atoms with van der Waals surface area (Å²) in [6.07, 6.45) is 3.17. The van der Waals surface area contributed by atoms with Gasteiger partial charge in [-0.15, -0.1) is 0 Å². The molecule has 0 bridgehead atoms. The van der Waals surface area contributed by atoms with E-state index in [0.717, 1.165) is 30.4 Å². The van der Waals surface area contributed by atoms with Crippen molar-refractivity contribution in [2.75, 3.05) is 13.1 Å². The van der Waals surface area contributed by atoms with Crippen LogP contribution >= 0.6 is 0 Å². The third kappa shape index (κ3) is 4.79. The summed E-state index contributed by atoms with van der Waals surface area (Å²) < 4.78 is 0. The van der Waals surface area contributed by atoms with Gasteiger partial charge in [0.05, 0.1) is 6.04 Å². The quantitative estimate of drug-likeness (QED) is 0.870. The van der Waals surface area contributed by atoms with Crippen molar-refractivity contribution in [2.24, 2.45) is 5.73 Å². The number of nitrogens with one attached hydrogen (secondary N) is 1. The Morgan fingerprint density at radius 1 is 1.26 bits per heavy atom. The maximum Gasteiger partial charge on any atom is 0.253 e. The van der Waals surface area contributed by atoms with Gasteiger partial charge in [0.15, 0.2) is 0 Å².